The minimum absolute atomic E-state index is 0. The van der Waals surface area contributed by atoms with Crippen LogP contribution < -0.4 is 10.2 Å². The van der Waals surface area contributed by atoms with E-state index >= 15 is 0 Å². The molecule has 1 N–H and O–H groups in total. The third-order valence-electron chi connectivity index (χ3n) is 8.53. The summed E-state index contributed by atoms with van der Waals surface area (Å²) in [5.74, 6) is 1.57. The molecule has 2 aromatic carbocycles. The van der Waals surface area contributed by atoms with Crippen LogP contribution in [0.2, 0.25) is 0 Å². The monoisotopic (exact) mass is 511 g/mol. The van der Waals surface area contributed by atoms with Crippen molar-refractivity contribution < 1.29 is 0 Å². The summed E-state index contributed by atoms with van der Waals surface area (Å²) in [4.78, 5) is 5.35. The molecular formula is C32H50ClN3. The topological polar surface area (TPSA) is 18.5 Å². The van der Waals surface area contributed by atoms with Gasteiger partial charge in [0.1, 0.15) is 0 Å². The van der Waals surface area contributed by atoms with Crippen LogP contribution in [0.3, 0.4) is 0 Å². The Morgan fingerprint density at radius 2 is 1.50 bits per heavy atom. The molecule has 3 nitrogen and oxygen atoms in total. The van der Waals surface area contributed by atoms with Gasteiger partial charge < -0.3 is 10.2 Å². The lowest BCUT2D eigenvalue weighted by molar-refractivity contribution is 0.169. The highest BCUT2D eigenvalue weighted by Crippen LogP contribution is 2.45. The normalized spacial score (nSPS) is 21.3. The van der Waals surface area contributed by atoms with E-state index in [0.717, 1.165) is 19.0 Å². The Morgan fingerprint density at radius 1 is 0.833 bits per heavy atom. The van der Waals surface area contributed by atoms with Gasteiger partial charge in [-0.1, -0.05) is 76.6 Å². The molecule has 0 spiro atoms. The number of hydrogen-bond acceptors (Lipinski definition) is 3. The molecule has 1 saturated carbocycles. The number of rotatable bonds is 9. The first-order valence-corrected chi connectivity index (χ1v) is 14.3. The molecular weight excluding hydrogens is 462 g/mol. The highest BCUT2D eigenvalue weighted by Gasteiger charge is 2.32. The van der Waals surface area contributed by atoms with Crippen LogP contribution >= 0.6 is 12.4 Å². The van der Waals surface area contributed by atoms with E-state index in [-0.39, 0.29) is 12.4 Å². The second kappa shape index (κ2) is 13.8. The first-order valence-electron chi connectivity index (χ1n) is 14.3. The summed E-state index contributed by atoms with van der Waals surface area (Å²) in [6, 6.07) is 18.1. The Hall–Kier alpha value is -1.55. The van der Waals surface area contributed by atoms with E-state index in [9.17, 15) is 0 Å². The van der Waals surface area contributed by atoms with E-state index in [0.29, 0.717) is 11.3 Å². The quantitative estimate of drug-likeness (QED) is 0.373. The zero-order valence-electron chi connectivity index (χ0n) is 23.3. The number of nitrogens with zero attached hydrogens (tertiary/aromatic N) is 2. The average molecular weight is 512 g/mol. The van der Waals surface area contributed by atoms with E-state index in [4.69, 9.17) is 0 Å². The van der Waals surface area contributed by atoms with Gasteiger partial charge in [-0.25, -0.2) is 0 Å². The molecule has 0 bridgehead atoms. The highest BCUT2D eigenvalue weighted by atomic mass is 35.5. The highest BCUT2D eigenvalue weighted by molar-refractivity contribution is 5.85. The van der Waals surface area contributed by atoms with Crippen LogP contribution in [0.15, 0.2) is 48.5 Å². The summed E-state index contributed by atoms with van der Waals surface area (Å²) >= 11 is 0. The predicted octanol–water partition coefficient (Wildman–Crippen LogP) is 7.64. The molecule has 0 unspecified atom stereocenters. The predicted molar refractivity (Wildman–Crippen MR) is 158 cm³/mol. The van der Waals surface area contributed by atoms with E-state index in [1.807, 2.05) is 0 Å². The molecule has 1 aliphatic carbocycles. The molecule has 0 radical (unpaired) electrons. The molecule has 1 saturated heterocycles. The van der Waals surface area contributed by atoms with Gasteiger partial charge in [-0.05, 0) is 78.7 Å². The Balaban J connectivity index is 0.00000361. The zero-order valence-corrected chi connectivity index (χ0v) is 24.1. The lowest BCUT2D eigenvalue weighted by atomic mass is 9.68. The van der Waals surface area contributed by atoms with Crippen LogP contribution in [0.1, 0.15) is 88.8 Å². The van der Waals surface area contributed by atoms with Crippen LogP contribution in [0, 0.1) is 11.3 Å². The third-order valence-corrected chi connectivity index (χ3v) is 8.53. The molecule has 4 rings (SSSR count). The fraction of sp³-hybridized carbons (Fsp3) is 0.625. The van der Waals surface area contributed by atoms with E-state index in [2.05, 4.69) is 91.3 Å². The molecule has 0 atom stereocenters. The van der Waals surface area contributed by atoms with Crippen LogP contribution in [0.25, 0.3) is 0 Å². The van der Waals surface area contributed by atoms with Crippen LogP contribution in [0.5, 0.6) is 0 Å². The van der Waals surface area contributed by atoms with Crippen molar-refractivity contribution in [2.75, 3.05) is 37.6 Å². The second-order valence-corrected chi connectivity index (χ2v) is 12.1. The summed E-state index contributed by atoms with van der Waals surface area (Å²) in [6.07, 6.45) is 8.04. The maximum atomic E-state index is 3.68. The van der Waals surface area contributed by atoms with E-state index in [1.165, 1.54) is 88.1 Å². The largest absolute Gasteiger partial charge is 0.369 e. The summed E-state index contributed by atoms with van der Waals surface area (Å²) < 4.78 is 0. The van der Waals surface area contributed by atoms with E-state index < -0.39 is 0 Å². The molecule has 2 aliphatic rings. The van der Waals surface area contributed by atoms with Crippen molar-refractivity contribution >= 4 is 18.1 Å². The Morgan fingerprint density at radius 3 is 2.14 bits per heavy atom. The summed E-state index contributed by atoms with van der Waals surface area (Å²) in [7, 11) is 0. The standard InChI is InChI=1S/C32H49N3.ClH/c1-5-6-18-34-19-21-35(22-20-34)31-17-12-27(25-33-24-26-10-8-7-9-11-26)23-30(31)28-13-15-29(16-14-28)32(2,3)4;/h7-12,17,23,28-29,33H,5-6,13-16,18-22,24-25H2,1-4H3;1H. The van der Waals surface area contributed by atoms with Crippen LogP contribution in [-0.2, 0) is 13.1 Å². The van der Waals surface area contributed by atoms with Gasteiger partial charge in [0.15, 0.2) is 0 Å². The van der Waals surface area contributed by atoms with Crippen molar-refractivity contribution in [1.29, 1.82) is 0 Å². The lowest BCUT2D eigenvalue weighted by Crippen LogP contribution is -2.47. The third kappa shape index (κ3) is 7.97. The SMILES string of the molecule is CCCCN1CCN(c2ccc(CNCc3ccccc3)cc2C2CCC(C(C)(C)C)CC2)CC1.Cl. The Bertz CT molecular complexity index is 891. The summed E-state index contributed by atoms with van der Waals surface area (Å²) in [5.41, 5.74) is 6.36. The van der Waals surface area contributed by atoms with Crippen molar-refractivity contribution in [3.05, 3.63) is 65.2 Å². The molecule has 2 aromatic rings. The molecule has 0 amide bonds. The van der Waals surface area contributed by atoms with Gasteiger partial charge >= 0.3 is 0 Å². The number of halogens is 1. The van der Waals surface area contributed by atoms with Gasteiger partial charge in [0.2, 0.25) is 0 Å². The van der Waals surface area contributed by atoms with Crippen molar-refractivity contribution in [3.63, 3.8) is 0 Å². The number of nitrogens with one attached hydrogen (secondary N) is 1. The molecule has 200 valence electrons. The fourth-order valence-electron chi connectivity index (χ4n) is 6.14. The van der Waals surface area contributed by atoms with Crippen molar-refractivity contribution in [2.24, 2.45) is 11.3 Å². The number of benzene rings is 2. The number of unbranched alkanes of at least 4 members (excludes halogenated alkanes) is 1. The summed E-state index contributed by atoms with van der Waals surface area (Å²) in [6.45, 7) is 17.5. The van der Waals surface area contributed by atoms with Gasteiger partial charge in [-0.3, -0.25) is 4.90 Å². The number of anilines is 1. The second-order valence-electron chi connectivity index (χ2n) is 12.1. The Labute approximate surface area is 227 Å². The van der Waals surface area contributed by atoms with E-state index in [1.54, 1.807) is 5.56 Å². The first-order chi connectivity index (χ1) is 16.9. The number of hydrogen-bond donors (Lipinski definition) is 1. The minimum Gasteiger partial charge on any atom is -0.369 e. The zero-order chi connectivity index (χ0) is 24.7. The van der Waals surface area contributed by atoms with Gasteiger partial charge in [-0.15, -0.1) is 12.4 Å². The van der Waals surface area contributed by atoms with Crippen LogP contribution in [0.4, 0.5) is 5.69 Å². The molecule has 2 fully saturated rings. The van der Waals surface area contributed by atoms with Crippen molar-refractivity contribution in [3.8, 4) is 0 Å². The number of piperazine rings is 1. The Kier molecular flexibility index (Phi) is 11.2. The fourth-order valence-corrected chi connectivity index (χ4v) is 6.14. The van der Waals surface area contributed by atoms with Crippen molar-refractivity contribution in [1.82, 2.24) is 10.2 Å². The minimum atomic E-state index is 0. The molecule has 0 aromatic heterocycles. The average Bonchev–Trinajstić information content (AvgIpc) is 2.88. The molecule has 1 heterocycles. The maximum Gasteiger partial charge on any atom is 0.0402 e. The smallest absolute Gasteiger partial charge is 0.0402 e. The molecule has 1 aliphatic heterocycles. The lowest BCUT2D eigenvalue weighted by Gasteiger charge is -2.40. The van der Waals surface area contributed by atoms with Gasteiger partial charge in [0.25, 0.3) is 0 Å². The van der Waals surface area contributed by atoms with Gasteiger partial charge in [0.05, 0.1) is 0 Å². The van der Waals surface area contributed by atoms with Gasteiger partial charge in [0, 0.05) is 45.0 Å². The maximum absolute atomic E-state index is 3.68. The van der Waals surface area contributed by atoms with Crippen molar-refractivity contribution in [2.45, 2.75) is 85.2 Å². The van der Waals surface area contributed by atoms with Gasteiger partial charge in [-0.2, -0.15) is 0 Å². The first kappa shape index (κ1) is 29.0. The molecule has 36 heavy (non-hydrogen) atoms. The summed E-state index contributed by atoms with van der Waals surface area (Å²) in [5, 5.41) is 3.68. The van der Waals surface area contributed by atoms with Crippen LogP contribution in [-0.4, -0.2) is 37.6 Å². The molecule has 4 heteroatoms.